The van der Waals surface area contributed by atoms with Crippen LogP contribution in [0.4, 0.5) is 5.69 Å². The van der Waals surface area contributed by atoms with E-state index >= 15 is 0 Å². The number of hydrogen-bond donors (Lipinski definition) is 2. The second kappa shape index (κ2) is 7.63. The zero-order chi connectivity index (χ0) is 17.8. The molecular formula is C18H15ClN2O3S. The van der Waals surface area contributed by atoms with Crippen LogP contribution < -0.4 is 10.1 Å². The Balaban J connectivity index is 1.81. The highest BCUT2D eigenvalue weighted by Crippen LogP contribution is 2.31. The molecule has 2 N–H and O–H groups in total. The number of carbonyl (C=O) groups excluding carboxylic acids is 1. The molecule has 25 heavy (non-hydrogen) atoms. The van der Waals surface area contributed by atoms with Gasteiger partial charge in [0.15, 0.2) is 16.7 Å². The van der Waals surface area contributed by atoms with Crippen LogP contribution in [-0.2, 0) is 4.79 Å². The predicted molar refractivity (Wildman–Crippen MR) is 102 cm³/mol. The van der Waals surface area contributed by atoms with Crippen LogP contribution in [0.2, 0.25) is 5.02 Å². The Bertz CT molecular complexity index is 863. The highest BCUT2D eigenvalue weighted by molar-refractivity contribution is 8.18. The van der Waals surface area contributed by atoms with E-state index in [-0.39, 0.29) is 11.7 Å². The molecule has 3 rings (SSSR count). The minimum absolute atomic E-state index is 0.0671. The van der Waals surface area contributed by atoms with E-state index in [1.54, 1.807) is 42.5 Å². The van der Waals surface area contributed by atoms with Crippen LogP contribution in [0.15, 0.2) is 52.4 Å². The molecule has 0 atom stereocenters. The lowest BCUT2D eigenvalue weighted by atomic mass is 10.2. The van der Waals surface area contributed by atoms with Crippen LogP contribution in [0, 0.1) is 0 Å². The van der Waals surface area contributed by atoms with Crippen molar-refractivity contribution >= 4 is 46.2 Å². The normalized spacial score (nSPS) is 17.1. The average Bonchev–Trinajstić information content (AvgIpc) is 2.92. The van der Waals surface area contributed by atoms with E-state index in [9.17, 15) is 9.90 Å². The first-order valence-corrected chi connectivity index (χ1v) is 8.75. The fourth-order valence-corrected chi connectivity index (χ4v) is 3.12. The third kappa shape index (κ3) is 4.35. The molecule has 1 heterocycles. The topological polar surface area (TPSA) is 70.9 Å². The average molecular weight is 375 g/mol. The number of amidine groups is 1. The molecule has 0 unspecified atom stereocenters. The summed E-state index contributed by atoms with van der Waals surface area (Å²) in [5.41, 5.74) is 1.46. The fourth-order valence-electron chi connectivity index (χ4n) is 2.16. The molecule has 1 fully saturated rings. The smallest absolute Gasteiger partial charge is 0.264 e. The van der Waals surface area contributed by atoms with Gasteiger partial charge in [-0.1, -0.05) is 17.7 Å². The summed E-state index contributed by atoms with van der Waals surface area (Å²) in [4.78, 5) is 17.0. The minimum atomic E-state index is -0.219. The summed E-state index contributed by atoms with van der Waals surface area (Å²) in [5.74, 6) is 0.233. The molecule has 0 aliphatic carbocycles. The largest absolute Gasteiger partial charge is 0.504 e. The summed E-state index contributed by atoms with van der Waals surface area (Å²) >= 11 is 7.10. The van der Waals surface area contributed by atoms with Crippen molar-refractivity contribution in [3.63, 3.8) is 0 Å². The highest BCUT2D eigenvalue weighted by Gasteiger charge is 2.23. The van der Waals surface area contributed by atoms with Gasteiger partial charge in [-0.2, -0.15) is 0 Å². The van der Waals surface area contributed by atoms with Crippen molar-refractivity contribution in [2.45, 2.75) is 6.92 Å². The first-order chi connectivity index (χ1) is 12.0. The van der Waals surface area contributed by atoms with Gasteiger partial charge in [-0.3, -0.25) is 4.79 Å². The Labute approximate surface area is 154 Å². The van der Waals surface area contributed by atoms with Gasteiger partial charge in [-0.25, -0.2) is 4.99 Å². The predicted octanol–water partition coefficient (Wildman–Crippen LogP) is 4.34. The molecule has 2 aromatic carbocycles. The Morgan fingerprint density at radius 2 is 2.04 bits per heavy atom. The Morgan fingerprint density at radius 1 is 1.28 bits per heavy atom. The lowest BCUT2D eigenvalue weighted by molar-refractivity contribution is -0.115. The summed E-state index contributed by atoms with van der Waals surface area (Å²) in [7, 11) is 0. The fraction of sp³-hybridized carbons (Fsp3) is 0.111. The van der Waals surface area contributed by atoms with Gasteiger partial charge in [-0.05, 0) is 66.7 Å². The van der Waals surface area contributed by atoms with Crippen molar-refractivity contribution in [1.82, 2.24) is 5.32 Å². The van der Waals surface area contributed by atoms with Crippen molar-refractivity contribution in [1.29, 1.82) is 0 Å². The summed E-state index contributed by atoms with van der Waals surface area (Å²) in [6, 6.07) is 12.0. The number of ether oxygens (including phenoxy) is 1. The van der Waals surface area contributed by atoms with Crippen molar-refractivity contribution in [2.75, 3.05) is 6.61 Å². The Kier molecular flexibility index (Phi) is 5.31. The van der Waals surface area contributed by atoms with Crippen molar-refractivity contribution in [2.24, 2.45) is 4.99 Å². The third-order valence-electron chi connectivity index (χ3n) is 3.29. The van der Waals surface area contributed by atoms with E-state index in [0.717, 1.165) is 5.56 Å². The molecule has 0 bridgehead atoms. The van der Waals surface area contributed by atoms with Gasteiger partial charge in [0.1, 0.15) is 0 Å². The lowest BCUT2D eigenvalue weighted by Gasteiger charge is -2.06. The molecule has 5 nitrogen and oxygen atoms in total. The molecular weight excluding hydrogens is 360 g/mol. The molecule has 2 aromatic rings. The van der Waals surface area contributed by atoms with E-state index in [1.165, 1.54) is 17.8 Å². The quantitative estimate of drug-likeness (QED) is 0.781. The van der Waals surface area contributed by atoms with E-state index in [0.29, 0.717) is 33.1 Å². The highest BCUT2D eigenvalue weighted by atomic mass is 35.5. The molecule has 1 aliphatic rings. The Hall–Kier alpha value is -2.44. The van der Waals surface area contributed by atoms with Gasteiger partial charge in [-0.15, -0.1) is 0 Å². The van der Waals surface area contributed by atoms with Gasteiger partial charge in [0, 0.05) is 5.02 Å². The van der Waals surface area contributed by atoms with Crippen molar-refractivity contribution in [3.8, 4) is 11.5 Å². The number of aliphatic imine (C=N–C) groups is 1. The zero-order valence-corrected chi connectivity index (χ0v) is 14.9. The first-order valence-electron chi connectivity index (χ1n) is 7.56. The standard InChI is InChI=1S/C18H15ClN2O3S/c1-2-24-15-9-11(3-8-14(15)22)10-16-17(23)21-18(25-16)20-13-6-4-12(19)5-7-13/h3-10,22H,2H2,1H3,(H,20,21,23). The summed E-state index contributed by atoms with van der Waals surface area (Å²) in [5, 5.41) is 13.6. The number of nitrogens with zero attached hydrogens (tertiary/aromatic N) is 1. The van der Waals surface area contributed by atoms with E-state index in [2.05, 4.69) is 10.3 Å². The maximum absolute atomic E-state index is 12.1. The first kappa shape index (κ1) is 17.4. The minimum Gasteiger partial charge on any atom is -0.504 e. The number of halogens is 1. The third-order valence-corrected chi connectivity index (χ3v) is 4.45. The number of benzene rings is 2. The SMILES string of the molecule is CCOc1cc(C=C2SC(=Nc3ccc(Cl)cc3)NC2=O)ccc1O. The maximum atomic E-state index is 12.1. The number of rotatable bonds is 4. The molecule has 0 aromatic heterocycles. The van der Waals surface area contributed by atoms with Gasteiger partial charge >= 0.3 is 0 Å². The maximum Gasteiger partial charge on any atom is 0.264 e. The monoisotopic (exact) mass is 374 g/mol. The van der Waals surface area contributed by atoms with E-state index in [4.69, 9.17) is 16.3 Å². The Morgan fingerprint density at radius 3 is 2.76 bits per heavy atom. The van der Waals surface area contributed by atoms with E-state index in [1.807, 2.05) is 6.92 Å². The second-order valence-corrected chi connectivity index (χ2v) is 6.59. The number of phenolic OH excluding ortho intramolecular Hbond substituents is 1. The van der Waals surface area contributed by atoms with Gasteiger partial charge in [0.05, 0.1) is 17.2 Å². The summed E-state index contributed by atoms with van der Waals surface area (Å²) in [6.45, 7) is 2.28. The summed E-state index contributed by atoms with van der Waals surface area (Å²) in [6.07, 6.45) is 1.73. The molecule has 0 spiro atoms. The van der Waals surface area contributed by atoms with Crippen LogP contribution in [0.1, 0.15) is 12.5 Å². The lowest BCUT2D eigenvalue weighted by Crippen LogP contribution is -2.19. The molecule has 1 saturated heterocycles. The van der Waals surface area contributed by atoms with Crippen LogP contribution in [0.3, 0.4) is 0 Å². The van der Waals surface area contributed by atoms with Crippen LogP contribution >= 0.6 is 23.4 Å². The van der Waals surface area contributed by atoms with Gasteiger partial charge in [0.25, 0.3) is 5.91 Å². The van der Waals surface area contributed by atoms with Crippen molar-refractivity contribution < 1.29 is 14.6 Å². The number of amides is 1. The molecule has 128 valence electrons. The molecule has 1 amide bonds. The van der Waals surface area contributed by atoms with Gasteiger partial charge < -0.3 is 15.2 Å². The van der Waals surface area contributed by atoms with Crippen LogP contribution in [0.5, 0.6) is 11.5 Å². The second-order valence-electron chi connectivity index (χ2n) is 5.12. The van der Waals surface area contributed by atoms with Crippen molar-refractivity contribution in [3.05, 3.63) is 58.0 Å². The number of nitrogens with one attached hydrogen (secondary N) is 1. The summed E-state index contributed by atoms with van der Waals surface area (Å²) < 4.78 is 5.36. The number of aromatic hydroxyl groups is 1. The number of hydrogen-bond acceptors (Lipinski definition) is 5. The zero-order valence-electron chi connectivity index (χ0n) is 13.3. The number of thioether (sulfide) groups is 1. The van der Waals surface area contributed by atoms with E-state index < -0.39 is 0 Å². The van der Waals surface area contributed by atoms with Crippen LogP contribution in [0.25, 0.3) is 6.08 Å². The molecule has 7 heteroatoms. The van der Waals surface area contributed by atoms with Crippen LogP contribution in [-0.4, -0.2) is 22.8 Å². The molecule has 0 radical (unpaired) electrons. The molecule has 0 saturated carbocycles. The number of carbonyl (C=O) groups is 1. The number of phenols is 1. The molecule has 1 aliphatic heterocycles. The van der Waals surface area contributed by atoms with Gasteiger partial charge in [0.2, 0.25) is 0 Å².